The molecule has 1 fully saturated rings. The van der Waals surface area contributed by atoms with E-state index >= 15 is 0 Å². The van der Waals surface area contributed by atoms with Crippen LogP contribution in [0.25, 0.3) is 11.1 Å². The Morgan fingerprint density at radius 2 is 1.82 bits per heavy atom. The van der Waals surface area contributed by atoms with Crippen molar-refractivity contribution < 1.29 is 36.6 Å². The van der Waals surface area contributed by atoms with Crippen LogP contribution in [0.3, 0.4) is 0 Å². The maximum atomic E-state index is 13.9. The number of pyridine rings is 1. The van der Waals surface area contributed by atoms with E-state index < -0.39 is 41.4 Å². The van der Waals surface area contributed by atoms with Crippen LogP contribution in [0.2, 0.25) is 0 Å². The molecular weight excluding hydrogens is 451 g/mol. The molecule has 0 radical (unpaired) electrons. The normalized spacial score (nSPS) is 19.3. The van der Waals surface area contributed by atoms with Gasteiger partial charge in [-0.3, -0.25) is 9.78 Å². The first-order valence-electron chi connectivity index (χ1n) is 9.87. The van der Waals surface area contributed by atoms with Crippen LogP contribution in [-0.4, -0.2) is 52.9 Å². The third-order valence-corrected chi connectivity index (χ3v) is 5.37. The largest absolute Gasteiger partial charge is 0.465 e. The first-order chi connectivity index (χ1) is 15.3. The molecule has 3 N–H and O–H groups in total. The number of halogens is 5. The van der Waals surface area contributed by atoms with E-state index in [1.807, 2.05) is 5.32 Å². The molecule has 2 atom stereocenters. The molecule has 2 amide bonds. The Morgan fingerprint density at radius 1 is 1.18 bits per heavy atom. The summed E-state index contributed by atoms with van der Waals surface area (Å²) in [5.41, 5.74) is -0.939. The van der Waals surface area contributed by atoms with Crippen molar-refractivity contribution in [3.8, 4) is 11.1 Å². The molecule has 3 rings (SSSR count). The molecule has 1 aromatic carbocycles. The van der Waals surface area contributed by atoms with E-state index in [0.29, 0.717) is 12.5 Å². The quantitative estimate of drug-likeness (QED) is 0.573. The van der Waals surface area contributed by atoms with Gasteiger partial charge in [-0.25, -0.2) is 13.6 Å². The summed E-state index contributed by atoms with van der Waals surface area (Å²) in [5, 5.41) is 13.4. The fourth-order valence-electron chi connectivity index (χ4n) is 3.75. The topological polar surface area (TPSA) is 94.6 Å². The Bertz CT molecular complexity index is 1060. The van der Waals surface area contributed by atoms with Crippen molar-refractivity contribution in [3.05, 3.63) is 47.8 Å². The number of alkyl halides is 3. The van der Waals surface area contributed by atoms with Crippen LogP contribution in [0.4, 0.5) is 32.4 Å². The van der Waals surface area contributed by atoms with Crippen molar-refractivity contribution in [1.29, 1.82) is 0 Å². The Labute approximate surface area is 185 Å². The zero-order chi connectivity index (χ0) is 24.6. The van der Waals surface area contributed by atoms with E-state index in [1.165, 1.54) is 6.20 Å². The Balaban J connectivity index is 2.11. The van der Waals surface area contributed by atoms with Gasteiger partial charge in [-0.1, -0.05) is 0 Å². The van der Waals surface area contributed by atoms with E-state index in [-0.39, 0.29) is 35.5 Å². The lowest BCUT2D eigenvalue weighted by atomic mass is 10.00. The molecule has 1 aromatic heterocycles. The van der Waals surface area contributed by atoms with Crippen LogP contribution in [0, 0.1) is 11.6 Å². The first kappa shape index (κ1) is 24.2. The van der Waals surface area contributed by atoms with Crippen molar-refractivity contribution in [2.75, 3.05) is 18.0 Å². The summed E-state index contributed by atoms with van der Waals surface area (Å²) < 4.78 is 66.8. The van der Waals surface area contributed by atoms with E-state index in [4.69, 9.17) is 5.11 Å². The van der Waals surface area contributed by atoms with Gasteiger partial charge in [0.15, 0.2) is 0 Å². The fraction of sp³-hybridized carbons (Fsp3) is 0.381. The second kappa shape index (κ2) is 8.83. The minimum absolute atomic E-state index is 0.0216. The van der Waals surface area contributed by atoms with Gasteiger partial charge in [0.25, 0.3) is 5.91 Å². The van der Waals surface area contributed by atoms with Crippen LogP contribution >= 0.6 is 0 Å². The molecule has 0 bridgehead atoms. The summed E-state index contributed by atoms with van der Waals surface area (Å²) in [6.45, 7) is 2.69. The Hall–Kier alpha value is -3.44. The van der Waals surface area contributed by atoms with Crippen molar-refractivity contribution >= 4 is 17.7 Å². The van der Waals surface area contributed by atoms with Crippen LogP contribution in [0.15, 0.2) is 30.6 Å². The van der Waals surface area contributed by atoms with Gasteiger partial charge >= 0.3 is 12.3 Å². The van der Waals surface area contributed by atoms with E-state index in [0.717, 1.165) is 25.3 Å². The van der Waals surface area contributed by atoms with Crippen molar-refractivity contribution in [2.45, 2.75) is 38.0 Å². The molecule has 178 valence electrons. The fourth-order valence-corrected chi connectivity index (χ4v) is 3.75. The molecule has 12 heteroatoms. The summed E-state index contributed by atoms with van der Waals surface area (Å²) in [5.74, 6) is -2.87. The van der Waals surface area contributed by atoms with Gasteiger partial charge in [-0.15, -0.1) is 0 Å². The monoisotopic (exact) mass is 472 g/mol. The lowest BCUT2D eigenvalue weighted by Gasteiger charge is -2.28. The highest BCUT2D eigenvalue weighted by Gasteiger charge is 2.40. The maximum absolute atomic E-state index is 13.9. The molecular formula is C21H21F5N4O3. The number of aromatic nitrogens is 1. The highest BCUT2D eigenvalue weighted by atomic mass is 19.4. The zero-order valence-electron chi connectivity index (χ0n) is 17.6. The van der Waals surface area contributed by atoms with E-state index in [1.54, 1.807) is 11.8 Å². The zero-order valence-corrected chi connectivity index (χ0v) is 17.6. The number of carbonyl (C=O) groups is 2. The third-order valence-electron chi connectivity index (χ3n) is 5.37. The van der Waals surface area contributed by atoms with Crippen molar-refractivity contribution in [2.24, 2.45) is 0 Å². The molecule has 7 nitrogen and oxygen atoms in total. The second-order valence-electron chi connectivity index (χ2n) is 8.14. The van der Waals surface area contributed by atoms with E-state index in [2.05, 4.69) is 10.3 Å². The summed E-state index contributed by atoms with van der Waals surface area (Å²) >= 11 is 0. The maximum Gasteiger partial charge on any atom is 0.408 e. The van der Waals surface area contributed by atoms with Gasteiger partial charge in [0.05, 0.1) is 16.8 Å². The smallest absolute Gasteiger partial charge is 0.408 e. The lowest BCUT2D eigenvalue weighted by Crippen LogP contribution is -2.47. The van der Waals surface area contributed by atoms with Gasteiger partial charge in [0.2, 0.25) is 0 Å². The molecule has 0 aliphatic carbocycles. The average Bonchev–Trinajstić information content (AvgIpc) is 3.06. The molecule has 33 heavy (non-hydrogen) atoms. The molecule has 1 saturated heterocycles. The standard InChI is InChI=1S/C21H21F5N4O3/c1-11(21(24,25)26)28-18(31)16-9-27-8-15(12-5-13(22)7-14(23)6-12)17(16)30-4-3-20(2,10-30)29-19(32)33/h5-9,11,29H,3-4,10H2,1-2H3,(H,28,31)(H,32,33). The molecule has 1 aliphatic rings. The van der Waals surface area contributed by atoms with Gasteiger partial charge < -0.3 is 20.6 Å². The van der Waals surface area contributed by atoms with Gasteiger partial charge in [0.1, 0.15) is 17.7 Å². The van der Waals surface area contributed by atoms with Gasteiger partial charge in [-0.2, -0.15) is 13.2 Å². The number of amides is 2. The van der Waals surface area contributed by atoms with Crippen molar-refractivity contribution in [1.82, 2.24) is 15.6 Å². The molecule has 2 heterocycles. The van der Waals surface area contributed by atoms with Crippen molar-refractivity contribution in [3.63, 3.8) is 0 Å². The number of carboxylic acid groups (broad SMARTS) is 1. The van der Waals surface area contributed by atoms with Gasteiger partial charge in [0, 0.05) is 37.1 Å². The Morgan fingerprint density at radius 3 is 2.39 bits per heavy atom. The molecule has 0 spiro atoms. The SMILES string of the molecule is CC(NC(=O)c1cncc(-c2cc(F)cc(F)c2)c1N1CCC(C)(NC(=O)O)C1)C(F)(F)F. The molecule has 2 aromatic rings. The number of hydrogen-bond donors (Lipinski definition) is 3. The molecule has 1 aliphatic heterocycles. The highest BCUT2D eigenvalue weighted by Crippen LogP contribution is 2.38. The molecule has 2 unspecified atom stereocenters. The average molecular weight is 472 g/mol. The number of benzene rings is 1. The van der Waals surface area contributed by atoms with Crippen LogP contribution in [0.1, 0.15) is 30.6 Å². The minimum Gasteiger partial charge on any atom is -0.465 e. The number of carbonyl (C=O) groups excluding carboxylic acids is 1. The summed E-state index contributed by atoms with van der Waals surface area (Å²) in [6.07, 6.45) is -3.33. The Kier molecular flexibility index (Phi) is 6.48. The number of anilines is 1. The number of nitrogens with zero attached hydrogens (tertiary/aromatic N) is 2. The summed E-state index contributed by atoms with van der Waals surface area (Å²) in [7, 11) is 0. The van der Waals surface area contributed by atoms with E-state index in [9.17, 15) is 31.5 Å². The van der Waals surface area contributed by atoms with Crippen LogP contribution in [0.5, 0.6) is 0 Å². The lowest BCUT2D eigenvalue weighted by molar-refractivity contribution is -0.149. The number of nitrogens with one attached hydrogen (secondary N) is 2. The summed E-state index contributed by atoms with van der Waals surface area (Å²) in [4.78, 5) is 29.5. The number of hydrogen-bond acceptors (Lipinski definition) is 4. The predicted octanol–water partition coefficient (Wildman–Crippen LogP) is 3.94. The molecule has 0 saturated carbocycles. The third kappa shape index (κ3) is 5.49. The predicted molar refractivity (Wildman–Crippen MR) is 109 cm³/mol. The summed E-state index contributed by atoms with van der Waals surface area (Å²) in [6, 6.07) is 0.510. The first-order valence-corrected chi connectivity index (χ1v) is 9.87. The number of rotatable bonds is 5. The van der Waals surface area contributed by atoms with Crippen LogP contribution in [-0.2, 0) is 0 Å². The minimum atomic E-state index is -4.69. The van der Waals surface area contributed by atoms with Crippen LogP contribution < -0.4 is 15.5 Å². The second-order valence-corrected chi connectivity index (χ2v) is 8.14. The van der Waals surface area contributed by atoms with Gasteiger partial charge in [-0.05, 0) is 38.0 Å². The highest BCUT2D eigenvalue weighted by molar-refractivity contribution is 6.03.